The third-order valence-corrected chi connectivity index (χ3v) is 12.1. The smallest absolute Gasteiger partial charge is 0.339 e. The van der Waals surface area contributed by atoms with Gasteiger partial charge in [0.1, 0.15) is 11.5 Å². The number of carboxylic acid groups (broad SMARTS) is 2. The van der Waals surface area contributed by atoms with E-state index in [0.717, 1.165) is 122 Å². The summed E-state index contributed by atoms with van der Waals surface area (Å²) in [6, 6.07) is 12.4. The number of ether oxygens (including phenoxy) is 4. The molecular formula is C50H66N4O8. The molecular weight excluding hydrogens is 785 g/mol. The van der Waals surface area contributed by atoms with E-state index >= 15 is 0 Å². The molecule has 2 aliphatic carbocycles. The first-order valence-corrected chi connectivity index (χ1v) is 22.7. The van der Waals surface area contributed by atoms with Gasteiger partial charge in [-0.05, 0) is 158 Å². The Bertz CT molecular complexity index is 2280. The number of aromatic nitrogens is 4. The second-order valence-corrected chi connectivity index (χ2v) is 19.3. The molecule has 4 aliphatic rings. The maximum absolute atomic E-state index is 12.3. The molecule has 0 spiro atoms. The largest absolute Gasteiger partial charge is 0.493 e. The lowest BCUT2D eigenvalue weighted by atomic mass is 9.83. The lowest BCUT2D eigenvalue weighted by Gasteiger charge is -2.26. The van der Waals surface area contributed by atoms with E-state index < -0.39 is 35.3 Å². The predicted molar refractivity (Wildman–Crippen MR) is 240 cm³/mol. The molecule has 0 bridgehead atoms. The maximum Gasteiger partial charge on any atom is 0.339 e. The predicted octanol–water partition coefficient (Wildman–Crippen LogP) is 10.7. The number of aryl methyl sites for hydroxylation is 4. The van der Waals surface area contributed by atoms with Gasteiger partial charge >= 0.3 is 11.9 Å². The molecule has 0 saturated heterocycles. The van der Waals surface area contributed by atoms with Crippen LogP contribution in [-0.2, 0) is 46.0 Å². The fraction of sp³-hybridized carbons (Fsp3) is 0.560. The standard InChI is InChI=1S/C25H34N2O4.C25H32N2O4/c2*1-25(2,3)31-23(24(28)29)22-20(18-12-13-19-17(15-18)11-8-14-30-19)21(26-27(22)4)16-9-6-5-7-10-16/h12-13,15-16,23H,5-11,14H2,1-4H3,(H,28,29);9,12-13,15,23H,5-8,10-11,14H2,1-4H3,(H,28,29). The van der Waals surface area contributed by atoms with Crippen LogP contribution in [0.3, 0.4) is 0 Å². The minimum atomic E-state index is -1.11. The number of allylic oxidation sites excluding steroid dienone is 2. The van der Waals surface area contributed by atoms with Gasteiger partial charge in [0.15, 0.2) is 12.2 Å². The number of carboxylic acids is 2. The summed E-state index contributed by atoms with van der Waals surface area (Å²) in [7, 11) is 3.66. The van der Waals surface area contributed by atoms with Crippen LogP contribution in [0.1, 0.15) is 164 Å². The summed E-state index contributed by atoms with van der Waals surface area (Å²) in [5.74, 6) is 0.195. The number of fused-ring (bicyclic) bond motifs is 2. The van der Waals surface area contributed by atoms with Gasteiger partial charge < -0.3 is 29.2 Å². The first kappa shape index (κ1) is 45.1. The van der Waals surface area contributed by atoms with Gasteiger partial charge in [-0.25, -0.2) is 9.59 Å². The van der Waals surface area contributed by atoms with Crippen LogP contribution in [0.15, 0.2) is 42.5 Å². The van der Waals surface area contributed by atoms with E-state index in [4.69, 9.17) is 29.1 Å². The minimum Gasteiger partial charge on any atom is -0.493 e. The lowest BCUT2D eigenvalue weighted by Crippen LogP contribution is -2.29. The van der Waals surface area contributed by atoms with Crippen molar-refractivity contribution in [1.29, 1.82) is 0 Å². The highest BCUT2D eigenvalue weighted by Gasteiger charge is 2.37. The Hall–Kier alpha value is -4.94. The van der Waals surface area contributed by atoms with Gasteiger partial charge in [-0.15, -0.1) is 0 Å². The van der Waals surface area contributed by atoms with Crippen LogP contribution >= 0.6 is 0 Å². The summed E-state index contributed by atoms with van der Waals surface area (Å²) in [6.07, 6.45) is 14.1. The van der Waals surface area contributed by atoms with Crippen molar-refractivity contribution in [2.24, 2.45) is 14.1 Å². The van der Waals surface area contributed by atoms with Crippen LogP contribution < -0.4 is 9.47 Å². The molecule has 2 unspecified atom stereocenters. The third-order valence-electron chi connectivity index (χ3n) is 12.1. The summed E-state index contributed by atoms with van der Waals surface area (Å²) in [6.45, 7) is 12.8. The lowest BCUT2D eigenvalue weighted by molar-refractivity contribution is -0.161. The zero-order valence-electron chi connectivity index (χ0n) is 38.0. The Morgan fingerprint density at radius 1 is 0.677 bits per heavy atom. The second-order valence-electron chi connectivity index (χ2n) is 19.3. The number of carbonyl (C=O) groups is 2. The number of benzene rings is 2. The molecule has 4 heterocycles. The fourth-order valence-electron chi connectivity index (χ4n) is 9.40. The Kier molecular flexibility index (Phi) is 13.7. The van der Waals surface area contributed by atoms with Crippen molar-refractivity contribution in [3.8, 4) is 33.8 Å². The summed E-state index contributed by atoms with van der Waals surface area (Å²) in [5.41, 5.74) is 9.18. The maximum atomic E-state index is 12.3. The van der Waals surface area contributed by atoms with E-state index in [9.17, 15) is 19.8 Å². The molecule has 2 aromatic heterocycles. The van der Waals surface area contributed by atoms with E-state index in [0.29, 0.717) is 17.3 Å². The molecule has 1 saturated carbocycles. The molecule has 2 aliphatic heterocycles. The monoisotopic (exact) mass is 850 g/mol. The summed E-state index contributed by atoms with van der Waals surface area (Å²) < 4.78 is 27.1. The van der Waals surface area contributed by atoms with E-state index in [2.05, 4.69) is 18.2 Å². The van der Waals surface area contributed by atoms with Crippen LogP contribution in [0.5, 0.6) is 11.5 Å². The topological polar surface area (TPSA) is 147 Å². The molecule has 12 heteroatoms. The average molecular weight is 851 g/mol. The highest BCUT2D eigenvalue weighted by atomic mass is 16.5. The number of rotatable bonds is 10. The van der Waals surface area contributed by atoms with Crippen molar-refractivity contribution in [3.05, 3.63) is 76.4 Å². The van der Waals surface area contributed by atoms with Gasteiger partial charge in [0, 0.05) is 31.1 Å². The van der Waals surface area contributed by atoms with Crippen LogP contribution in [0.25, 0.3) is 27.8 Å². The SMILES string of the molecule is Cn1nc(C2=CCCCC2)c(-c2ccc3c(c2)CCCO3)c1C(OC(C)(C)C)C(=O)O.Cn1nc(C2CCCCC2)c(-c2ccc3c(c2)CCCO3)c1C(OC(C)(C)C)C(=O)O. The van der Waals surface area contributed by atoms with Crippen molar-refractivity contribution in [2.45, 2.75) is 154 Å². The number of nitrogens with zero attached hydrogens (tertiary/aromatic N) is 4. The second kappa shape index (κ2) is 18.8. The molecule has 334 valence electrons. The number of hydrogen-bond acceptors (Lipinski definition) is 8. The fourth-order valence-corrected chi connectivity index (χ4v) is 9.40. The average Bonchev–Trinajstić information content (AvgIpc) is 3.77. The molecule has 8 rings (SSSR count). The van der Waals surface area contributed by atoms with E-state index in [-0.39, 0.29) is 0 Å². The molecule has 0 radical (unpaired) electrons. The van der Waals surface area contributed by atoms with Gasteiger partial charge in [0.2, 0.25) is 0 Å². The molecule has 12 nitrogen and oxygen atoms in total. The normalized spacial score (nSPS) is 17.9. The quantitative estimate of drug-likeness (QED) is 0.158. The van der Waals surface area contributed by atoms with Gasteiger partial charge in [0.25, 0.3) is 0 Å². The van der Waals surface area contributed by atoms with Crippen LogP contribution in [-0.4, -0.2) is 66.1 Å². The van der Waals surface area contributed by atoms with Crippen LogP contribution in [0.2, 0.25) is 0 Å². The number of aliphatic carboxylic acids is 2. The molecule has 0 amide bonds. The van der Waals surface area contributed by atoms with Crippen molar-refractivity contribution in [3.63, 3.8) is 0 Å². The Balaban J connectivity index is 0.000000186. The summed E-state index contributed by atoms with van der Waals surface area (Å²) in [4.78, 5) is 24.7. The van der Waals surface area contributed by atoms with Crippen molar-refractivity contribution >= 4 is 17.5 Å². The molecule has 2 atom stereocenters. The molecule has 1 fully saturated rings. The van der Waals surface area contributed by atoms with Crippen molar-refractivity contribution < 1.29 is 38.7 Å². The van der Waals surface area contributed by atoms with Gasteiger partial charge in [0.05, 0.1) is 47.2 Å². The molecule has 2 N–H and O–H groups in total. The zero-order valence-corrected chi connectivity index (χ0v) is 38.0. The highest BCUT2D eigenvalue weighted by molar-refractivity contribution is 5.86. The Labute approximate surface area is 366 Å². The zero-order chi connectivity index (χ0) is 44.3. The number of hydrogen-bond donors (Lipinski definition) is 2. The third kappa shape index (κ3) is 10.3. The summed E-state index contributed by atoms with van der Waals surface area (Å²) in [5, 5.41) is 29.9. The minimum absolute atomic E-state index is 0.347. The van der Waals surface area contributed by atoms with E-state index in [1.165, 1.54) is 36.8 Å². The Morgan fingerprint density at radius 2 is 1.19 bits per heavy atom. The van der Waals surface area contributed by atoms with Crippen LogP contribution in [0.4, 0.5) is 0 Å². The Morgan fingerprint density at radius 3 is 1.69 bits per heavy atom. The van der Waals surface area contributed by atoms with Crippen molar-refractivity contribution in [1.82, 2.24) is 19.6 Å². The molecule has 62 heavy (non-hydrogen) atoms. The van der Waals surface area contributed by atoms with Crippen molar-refractivity contribution in [2.75, 3.05) is 13.2 Å². The van der Waals surface area contributed by atoms with E-state index in [1.54, 1.807) is 9.36 Å². The van der Waals surface area contributed by atoms with Gasteiger partial charge in [-0.3, -0.25) is 9.36 Å². The van der Waals surface area contributed by atoms with Crippen LogP contribution in [0, 0.1) is 0 Å². The summed E-state index contributed by atoms with van der Waals surface area (Å²) >= 11 is 0. The first-order chi connectivity index (χ1) is 29.5. The molecule has 4 aromatic rings. The molecule has 2 aromatic carbocycles. The van der Waals surface area contributed by atoms with Gasteiger partial charge in [-0.1, -0.05) is 37.5 Å². The highest BCUT2D eigenvalue weighted by Crippen LogP contribution is 2.45. The van der Waals surface area contributed by atoms with Gasteiger partial charge in [-0.2, -0.15) is 10.2 Å². The van der Waals surface area contributed by atoms with E-state index in [1.807, 2.05) is 79.9 Å². The first-order valence-electron chi connectivity index (χ1n) is 22.7.